The number of amides is 1. The van der Waals surface area contributed by atoms with E-state index in [4.69, 9.17) is 0 Å². The maximum absolute atomic E-state index is 11.9. The molecule has 0 saturated carbocycles. The van der Waals surface area contributed by atoms with Crippen LogP contribution in [-0.2, 0) is 4.79 Å². The second-order valence-electron chi connectivity index (χ2n) is 5.81. The van der Waals surface area contributed by atoms with E-state index in [1.165, 1.54) is 0 Å². The first-order valence-corrected chi connectivity index (χ1v) is 8.20. The first kappa shape index (κ1) is 17.1. The highest BCUT2D eigenvalue weighted by atomic mass is 32.2. The van der Waals surface area contributed by atoms with Crippen molar-refractivity contribution in [3.63, 3.8) is 0 Å². The Bertz CT molecular complexity index is 446. The third kappa shape index (κ3) is 5.97. The van der Waals surface area contributed by atoms with Gasteiger partial charge in [-0.1, -0.05) is 32.0 Å². The summed E-state index contributed by atoms with van der Waals surface area (Å²) in [7, 11) is 0. The number of hydrogen-bond acceptors (Lipinski definition) is 3. The lowest BCUT2D eigenvalue weighted by atomic mass is 10.0. The van der Waals surface area contributed by atoms with Crippen molar-refractivity contribution in [2.24, 2.45) is 0 Å². The van der Waals surface area contributed by atoms with E-state index in [1.807, 2.05) is 43.0 Å². The first-order valence-electron chi connectivity index (χ1n) is 6.98. The number of carbonyl (C=O) groups is 1. The lowest BCUT2D eigenvalue weighted by molar-refractivity contribution is -0.115. The van der Waals surface area contributed by atoms with Gasteiger partial charge in [-0.3, -0.25) is 4.79 Å². The van der Waals surface area contributed by atoms with Crippen LogP contribution < -0.4 is 10.6 Å². The molecule has 3 nitrogen and oxygen atoms in total. The van der Waals surface area contributed by atoms with Crippen LogP contribution in [0.2, 0.25) is 0 Å². The number of nitrogens with one attached hydrogen (secondary N) is 2. The fourth-order valence-corrected chi connectivity index (χ4v) is 2.48. The van der Waals surface area contributed by atoms with Gasteiger partial charge < -0.3 is 10.6 Å². The molecule has 1 unspecified atom stereocenters. The molecule has 4 heteroatoms. The van der Waals surface area contributed by atoms with E-state index in [0.29, 0.717) is 12.6 Å². The van der Waals surface area contributed by atoms with Crippen LogP contribution in [0, 0.1) is 6.92 Å². The lowest BCUT2D eigenvalue weighted by Crippen LogP contribution is -2.37. The maximum Gasteiger partial charge on any atom is 0.238 e. The molecule has 0 aromatic heterocycles. The molecule has 112 valence electrons. The summed E-state index contributed by atoms with van der Waals surface area (Å²) in [6.45, 7) is 8.91. The standard InChI is InChI=1S/C16H26N2OS/c1-12-8-6-7-9-14(12)18-15(19)11-17-13(2)10-16(3,4)20-5/h6-9,13,17H,10-11H2,1-5H3,(H,18,19). The molecule has 0 bridgehead atoms. The highest BCUT2D eigenvalue weighted by Gasteiger charge is 2.19. The third-order valence-corrected chi connectivity index (χ3v) is 4.65. The molecule has 2 N–H and O–H groups in total. The zero-order valence-electron chi connectivity index (χ0n) is 13.1. The summed E-state index contributed by atoms with van der Waals surface area (Å²) in [5, 5.41) is 6.22. The Hall–Kier alpha value is -1.00. The summed E-state index contributed by atoms with van der Waals surface area (Å²) in [5.41, 5.74) is 1.97. The van der Waals surface area contributed by atoms with Gasteiger partial charge in [-0.25, -0.2) is 0 Å². The molecule has 0 spiro atoms. The van der Waals surface area contributed by atoms with Gasteiger partial charge >= 0.3 is 0 Å². The smallest absolute Gasteiger partial charge is 0.238 e. The molecule has 0 aliphatic heterocycles. The topological polar surface area (TPSA) is 41.1 Å². The molecule has 20 heavy (non-hydrogen) atoms. The normalized spacial score (nSPS) is 13.1. The summed E-state index contributed by atoms with van der Waals surface area (Å²) in [5.74, 6) is 0.00751. The minimum absolute atomic E-state index is 0.00751. The molecular formula is C16H26N2OS. The fourth-order valence-electron chi connectivity index (χ4n) is 2.07. The van der Waals surface area contributed by atoms with Gasteiger partial charge in [0, 0.05) is 16.5 Å². The molecule has 0 saturated heterocycles. The fraction of sp³-hybridized carbons (Fsp3) is 0.562. The second-order valence-corrected chi connectivity index (χ2v) is 7.33. The summed E-state index contributed by atoms with van der Waals surface area (Å²) in [6.07, 6.45) is 3.16. The van der Waals surface area contributed by atoms with Crippen molar-refractivity contribution in [1.82, 2.24) is 5.32 Å². The average molecular weight is 294 g/mol. The Labute approximate surface area is 126 Å². The maximum atomic E-state index is 11.9. The largest absolute Gasteiger partial charge is 0.325 e. The second kappa shape index (κ2) is 7.70. The van der Waals surface area contributed by atoms with Gasteiger partial charge in [0.05, 0.1) is 6.54 Å². The van der Waals surface area contributed by atoms with Crippen molar-refractivity contribution < 1.29 is 4.79 Å². The number of benzene rings is 1. The summed E-state index contributed by atoms with van der Waals surface area (Å²) in [4.78, 5) is 11.9. The van der Waals surface area contributed by atoms with Crippen LogP contribution in [0.15, 0.2) is 24.3 Å². The van der Waals surface area contributed by atoms with E-state index in [2.05, 4.69) is 37.7 Å². The van der Waals surface area contributed by atoms with Crippen LogP contribution in [0.25, 0.3) is 0 Å². The molecule has 1 amide bonds. The molecule has 0 fully saturated rings. The minimum Gasteiger partial charge on any atom is -0.325 e. The van der Waals surface area contributed by atoms with Crippen LogP contribution in [-0.4, -0.2) is 29.5 Å². The van der Waals surface area contributed by atoms with Crippen LogP contribution in [0.3, 0.4) is 0 Å². The zero-order valence-corrected chi connectivity index (χ0v) is 13.9. The van der Waals surface area contributed by atoms with Gasteiger partial charge in [-0.2, -0.15) is 11.8 Å². The van der Waals surface area contributed by atoms with Crippen molar-refractivity contribution in [1.29, 1.82) is 0 Å². The number of aryl methyl sites for hydroxylation is 1. The van der Waals surface area contributed by atoms with Gasteiger partial charge in [0.25, 0.3) is 0 Å². The number of carbonyl (C=O) groups excluding carboxylic acids is 1. The molecule has 1 rings (SSSR count). The van der Waals surface area contributed by atoms with Crippen LogP contribution in [0.4, 0.5) is 5.69 Å². The molecule has 0 aliphatic carbocycles. The Morgan fingerprint density at radius 3 is 2.60 bits per heavy atom. The van der Waals surface area contributed by atoms with Crippen molar-refractivity contribution >= 4 is 23.4 Å². The highest BCUT2D eigenvalue weighted by molar-refractivity contribution is 7.99. The summed E-state index contributed by atoms with van der Waals surface area (Å²) in [6, 6.07) is 8.13. The monoisotopic (exact) mass is 294 g/mol. The van der Waals surface area contributed by atoms with Crippen molar-refractivity contribution in [2.45, 2.75) is 44.9 Å². The van der Waals surface area contributed by atoms with Gasteiger partial charge in [-0.05, 0) is 38.2 Å². The van der Waals surface area contributed by atoms with E-state index in [9.17, 15) is 4.79 Å². The quantitative estimate of drug-likeness (QED) is 0.809. The molecule has 1 atom stereocenters. The number of para-hydroxylation sites is 1. The van der Waals surface area contributed by atoms with Gasteiger partial charge in [0.2, 0.25) is 5.91 Å². The molecular weight excluding hydrogens is 268 g/mol. The highest BCUT2D eigenvalue weighted by Crippen LogP contribution is 2.26. The zero-order chi connectivity index (χ0) is 15.2. The van der Waals surface area contributed by atoms with Crippen molar-refractivity contribution in [3.05, 3.63) is 29.8 Å². The third-order valence-electron chi connectivity index (χ3n) is 3.38. The Morgan fingerprint density at radius 1 is 1.35 bits per heavy atom. The number of rotatable bonds is 7. The van der Waals surface area contributed by atoms with Gasteiger partial charge in [0.1, 0.15) is 0 Å². The number of thioether (sulfide) groups is 1. The predicted octanol–water partition coefficient (Wildman–Crippen LogP) is 3.44. The molecule has 1 aromatic rings. The lowest BCUT2D eigenvalue weighted by Gasteiger charge is -2.26. The van der Waals surface area contributed by atoms with Crippen LogP contribution in [0.1, 0.15) is 32.8 Å². The minimum atomic E-state index is 0.00751. The van der Waals surface area contributed by atoms with Crippen molar-refractivity contribution in [2.75, 3.05) is 18.1 Å². The van der Waals surface area contributed by atoms with Gasteiger partial charge in [0.15, 0.2) is 0 Å². The van der Waals surface area contributed by atoms with Crippen molar-refractivity contribution in [3.8, 4) is 0 Å². The molecule has 0 heterocycles. The SMILES string of the molecule is CSC(C)(C)CC(C)NCC(=O)Nc1ccccc1C. The van der Waals surface area contributed by atoms with E-state index in [1.54, 1.807) is 0 Å². The average Bonchev–Trinajstić information content (AvgIpc) is 2.39. The van der Waals surface area contributed by atoms with Crippen LogP contribution in [0.5, 0.6) is 0 Å². The number of anilines is 1. The van der Waals surface area contributed by atoms with E-state index < -0.39 is 0 Å². The van der Waals surface area contributed by atoms with E-state index >= 15 is 0 Å². The number of hydrogen-bond donors (Lipinski definition) is 2. The van der Waals surface area contributed by atoms with Gasteiger partial charge in [-0.15, -0.1) is 0 Å². The Kier molecular flexibility index (Phi) is 6.56. The first-order chi connectivity index (χ1) is 9.34. The molecule has 1 aromatic carbocycles. The van der Waals surface area contributed by atoms with Crippen LogP contribution >= 0.6 is 11.8 Å². The summed E-state index contributed by atoms with van der Waals surface area (Å²) >= 11 is 1.85. The Morgan fingerprint density at radius 2 is 2.00 bits per heavy atom. The molecule has 0 radical (unpaired) electrons. The van der Waals surface area contributed by atoms with E-state index in [-0.39, 0.29) is 10.7 Å². The molecule has 0 aliphatic rings. The van der Waals surface area contributed by atoms with E-state index in [0.717, 1.165) is 17.7 Å². The predicted molar refractivity (Wildman–Crippen MR) is 89.5 cm³/mol. The summed E-state index contributed by atoms with van der Waals surface area (Å²) < 4.78 is 0.235. The Balaban J connectivity index is 2.39.